The second kappa shape index (κ2) is 20.2. The van der Waals surface area contributed by atoms with E-state index in [0.717, 1.165) is 51.4 Å². The number of benzene rings is 3. The van der Waals surface area contributed by atoms with Crippen molar-refractivity contribution in [3.63, 3.8) is 0 Å². The van der Waals surface area contributed by atoms with Crippen LogP contribution in [0.1, 0.15) is 79.1 Å². The Morgan fingerprint density at radius 1 is 0.560 bits per heavy atom. The van der Waals surface area contributed by atoms with E-state index in [-0.39, 0.29) is 11.6 Å². The number of ether oxygens (including phenoxy) is 5. The van der Waals surface area contributed by atoms with Crippen LogP contribution in [0.2, 0.25) is 0 Å². The van der Waals surface area contributed by atoms with Crippen molar-refractivity contribution in [2.24, 2.45) is 0 Å². The van der Waals surface area contributed by atoms with Crippen LogP contribution in [0.15, 0.2) is 54.6 Å². The highest BCUT2D eigenvalue weighted by Crippen LogP contribution is 2.38. The molecule has 3 aromatic carbocycles. The molecule has 1 heterocycles. The number of aromatic hydroxyl groups is 1. The molecule has 0 aliphatic carbocycles. The number of unbranched alkanes of at least 4 members (excludes halogenated alkanes) is 4. The van der Waals surface area contributed by atoms with Gasteiger partial charge in [-0.15, -0.1) is 6.42 Å². The Labute approximate surface area is 296 Å². The Morgan fingerprint density at radius 3 is 1.46 bits per heavy atom. The van der Waals surface area contributed by atoms with Crippen molar-refractivity contribution in [3.05, 3.63) is 54.6 Å². The molecule has 0 unspecified atom stereocenters. The van der Waals surface area contributed by atoms with Gasteiger partial charge in [-0.1, -0.05) is 53.4 Å². The largest absolute Gasteiger partial charge is 0.507 e. The molecule has 262 valence electrons. The summed E-state index contributed by atoms with van der Waals surface area (Å²) in [4.78, 5) is 14.7. The topological polar surface area (TPSA) is 105 Å². The molecule has 0 amide bonds. The van der Waals surface area contributed by atoms with Crippen LogP contribution in [-0.4, -0.2) is 46.5 Å². The van der Waals surface area contributed by atoms with Crippen LogP contribution in [0.5, 0.6) is 34.5 Å². The zero-order valence-corrected chi connectivity index (χ0v) is 29.6. The molecular formula is C41H47N3O6. The van der Waals surface area contributed by atoms with Gasteiger partial charge in [0, 0.05) is 24.1 Å². The minimum absolute atomic E-state index is 0.0172. The molecule has 0 aliphatic heterocycles. The molecule has 50 heavy (non-hydrogen) atoms. The highest BCUT2D eigenvalue weighted by atomic mass is 16.5. The van der Waals surface area contributed by atoms with Gasteiger partial charge in [-0.2, -0.15) is 0 Å². The third-order valence-electron chi connectivity index (χ3n) is 7.57. The van der Waals surface area contributed by atoms with Gasteiger partial charge in [-0.3, -0.25) is 0 Å². The van der Waals surface area contributed by atoms with Gasteiger partial charge < -0.3 is 28.8 Å². The van der Waals surface area contributed by atoms with Crippen LogP contribution in [0.4, 0.5) is 0 Å². The average Bonchev–Trinajstić information content (AvgIpc) is 3.12. The van der Waals surface area contributed by atoms with Crippen LogP contribution < -0.4 is 23.7 Å². The number of phenols is 1. The normalized spacial score (nSPS) is 10.5. The SMILES string of the molecule is C#CC#COc1ccc(-c2nc(-c3ccc(OCCCC)cc3O)nc(-c3ccc(OCCCC)cc3OCCCC)n2)c(OCCCC)c1. The highest BCUT2D eigenvalue weighted by molar-refractivity contribution is 5.75. The standard InChI is InChI=1S/C41H47N3O6/c1-6-11-22-46-30-16-19-33(36(45)27-30)39-42-40(34-20-17-31(47-23-12-7-2)28-37(34)49-25-14-9-4)44-41(43-39)35-21-18-32(48-24-13-8-3)29-38(35)50-26-15-10-5/h2,16-21,27-29,45H,6,8-11,13-15,22,24-26H2,1,3-5H3. The van der Waals surface area contributed by atoms with Crippen LogP contribution in [-0.2, 0) is 0 Å². The van der Waals surface area contributed by atoms with E-state index in [1.54, 1.807) is 30.3 Å². The van der Waals surface area contributed by atoms with Crippen molar-refractivity contribution >= 4 is 0 Å². The molecule has 9 heteroatoms. The third kappa shape index (κ3) is 10.8. The number of aromatic nitrogens is 3. The van der Waals surface area contributed by atoms with Crippen molar-refractivity contribution < 1.29 is 28.8 Å². The molecule has 0 bridgehead atoms. The fourth-order valence-electron chi connectivity index (χ4n) is 4.73. The van der Waals surface area contributed by atoms with Gasteiger partial charge in [0.15, 0.2) is 17.5 Å². The van der Waals surface area contributed by atoms with E-state index in [1.165, 1.54) is 0 Å². The van der Waals surface area contributed by atoms with Gasteiger partial charge in [0.1, 0.15) is 40.6 Å². The lowest BCUT2D eigenvalue weighted by Crippen LogP contribution is -2.05. The van der Waals surface area contributed by atoms with Gasteiger partial charge in [0.2, 0.25) is 0 Å². The minimum Gasteiger partial charge on any atom is -0.507 e. The molecular weight excluding hydrogens is 630 g/mol. The molecule has 1 aromatic heterocycles. The molecule has 0 atom stereocenters. The van der Waals surface area contributed by atoms with Crippen LogP contribution in [0, 0.1) is 24.4 Å². The summed E-state index contributed by atoms with van der Waals surface area (Å²) in [6, 6.07) is 16.1. The van der Waals surface area contributed by atoms with Gasteiger partial charge >= 0.3 is 0 Å². The number of phenolic OH excluding ortho intramolecular Hbond substituents is 1. The Bertz CT molecular complexity index is 1790. The molecule has 0 fully saturated rings. The average molecular weight is 678 g/mol. The Kier molecular flexibility index (Phi) is 15.1. The van der Waals surface area contributed by atoms with Crippen molar-refractivity contribution in [3.8, 4) is 93.0 Å². The molecule has 0 radical (unpaired) electrons. The van der Waals surface area contributed by atoms with E-state index in [4.69, 9.17) is 45.1 Å². The molecule has 9 nitrogen and oxygen atoms in total. The third-order valence-corrected chi connectivity index (χ3v) is 7.57. The fraction of sp³-hybridized carbons (Fsp3) is 0.390. The molecule has 0 spiro atoms. The zero-order chi connectivity index (χ0) is 35.6. The van der Waals surface area contributed by atoms with E-state index in [0.29, 0.717) is 83.5 Å². The van der Waals surface area contributed by atoms with Crippen LogP contribution >= 0.6 is 0 Å². The van der Waals surface area contributed by atoms with Gasteiger partial charge in [-0.05, 0) is 68.0 Å². The molecule has 0 aliphatic rings. The molecule has 0 saturated heterocycles. The van der Waals surface area contributed by atoms with Crippen molar-refractivity contribution in [2.45, 2.75) is 79.1 Å². The second-order valence-electron chi connectivity index (χ2n) is 11.6. The molecule has 1 N–H and O–H groups in total. The lowest BCUT2D eigenvalue weighted by Gasteiger charge is -2.16. The first-order valence-electron chi connectivity index (χ1n) is 17.5. The predicted octanol–water partition coefficient (Wildman–Crippen LogP) is 9.27. The first-order valence-corrected chi connectivity index (χ1v) is 17.5. The summed E-state index contributed by atoms with van der Waals surface area (Å²) in [7, 11) is 0. The second-order valence-corrected chi connectivity index (χ2v) is 11.6. The minimum atomic E-state index is -0.0172. The molecule has 4 rings (SSSR count). The zero-order valence-electron chi connectivity index (χ0n) is 29.6. The van der Waals surface area contributed by atoms with Crippen LogP contribution in [0.25, 0.3) is 34.2 Å². The quantitative estimate of drug-likeness (QED) is 0.0724. The summed E-state index contributed by atoms with van der Waals surface area (Å²) < 4.78 is 29.9. The van der Waals surface area contributed by atoms with E-state index >= 15 is 0 Å². The highest BCUT2D eigenvalue weighted by Gasteiger charge is 2.21. The summed E-state index contributed by atoms with van der Waals surface area (Å²) in [5.41, 5.74) is 1.68. The predicted molar refractivity (Wildman–Crippen MR) is 197 cm³/mol. The van der Waals surface area contributed by atoms with E-state index in [1.807, 2.05) is 24.3 Å². The molecule has 0 saturated carbocycles. The van der Waals surface area contributed by atoms with Crippen molar-refractivity contribution in [1.82, 2.24) is 15.0 Å². The van der Waals surface area contributed by atoms with Crippen molar-refractivity contribution in [1.29, 1.82) is 0 Å². The Balaban J connectivity index is 1.89. The smallest absolute Gasteiger partial charge is 0.167 e. The van der Waals surface area contributed by atoms with Gasteiger partial charge in [0.05, 0.1) is 43.1 Å². The van der Waals surface area contributed by atoms with Crippen LogP contribution in [0.3, 0.4) is 0 Å². The lowest BCUT2D eigenvalue weighted by atomic mass is 10.1. The summed E-state index contributed by atoms with van der Waals surface area (Å²) in [5.74, 6) is 8.47. The monoisotopic (exact) mass is 677 g/mol. The van der Waals surface area contributed by atoms with E-state index < -0.39 is 0 Å². The maximum absolute atomic E-state index is 11.2. The van der Waals surface area contributed by atoms with Gasteiger partial charge in [0.25, 0.3) is 0 Å². The number of rotatable bonds is 20. The van der Waals surface area contributed by atoms with E-state index in [2.05, 4.69) is 45.6 Å². The molecule has 4 aromatic rings. The number of nitrogens with zero attached hydrogens (tertiary/aromatic N) is 3. The Morgan fingerprint density at radius 2 is 0.980 bits per heavy atom. The summed E-state index contributed by atoms with van der Waals surface area (Å²) in [6.07, 6.45) is 15.3. The fourth-order valence-corrected chi connectivity index (χ4v) is 4.73. The van der Waals surface area contributed by atoms with E-state index in [9.17, 15) is 5.11 Å². The number of terminal acetylenes is 1. The van der Waals surface area contributed by atoms with Gasteiger partial charge in [-0.25, -0.2) is 15.0 Å². The first kappa shape index (κ1) is 37.4. The Hall–Kier alpha value is -5.41. The van der Waals surface area contributed by atoms with Crippen molar-refractivity contribution in [2.75, 3.05) is 26.4 Å². The summed E-state index contributed by atoms with van der Waals surface area (Å²) >= 11 is 0. The number of hydrogen-bond acceptors (Lipinski definition) is 9. The summed E-state index contributed by atoms with van der Waals surface area (Å²) in [5, 5.41) is 11.2. The first-order chi connectivity index (χ1) is 24.5. The maximum atomic E-state index is 11.2. The summed E-state index contributed by atoms with van der Waals surface area (Å²) in [6.45, 7) is 10.6. The maximum Gasteiger partial charge on any atom is 0.167 e. The number of hydrogen-bond donors (Lipinski definition) is 1. The lowest BCUT2D eigenvalue weighted by molar-refractivity contribution is 0.295.